The van der Waals surface area contributed by atoms with Gasteiger partial charge in [0.1, 0.15) is 11.5 Å². The lowest BCUT2D eigenvalue weighted by Crippen LogP contribution is -2.37. The molecule has 2 aromatic rings. The van der Waals surface area contributed by atoms with Crippen LogP contribution in [0.15, 0.2) is 52.1 Å². The first-order valence-corrected chi connectivity index (χ1v) is 9.70. The summed E-state index contributed by atoms with van der Waals surface area (Å²) in [5.74, 6) is 2.32. The van der Waals surface area contributed by atoms with Crippen LogP contribution >= 0.6 is 0 Å². The molecule has 1 aromatic carbocycles. The fourth-order valence-corrected chi connectivity index (χ4v) is 3.46. The molecule has 1 aliphatic rings. The molecule has 1 fully saturated rings. The number of hydrogen-bond acceptors (Lipinski definition) is 4. The van der Waals surface area contributed by atoms with Crippen molar-refractivity contribution in [3.63, 3.8) is 0 Å². The topological polar surface area (TPSA) is 76.0 Å². The van der Waals surface area contributed by atoms with Crippen LogP contribution in [-0.2, 0) is 6.42 Å². The number of rotatable bonds is 8. The summed E-state index contributed by atoms with van der Waals surface area (Å²) in [6, 6.07) is 12.2. The molecule has 1 aromatic heterocycles. The van der Waals surface area contributed by atoms with E-state index >= 15 is 0 Å². The van der Waals surface area contributed by atoms with E-state index in [4.69, 9.17) is 14.9 Å². The lowest BCUT2D eigenvalue weighted by atomic mass is 10.1. The molecule has 0 spiro atoms. The van der Waals surface area contributed by atoms with Crippen molar-refractivity contribution >= 4 is 5.96 Å². The summed E-state index contributed by atoms with van der Waals surface area (Å²) >= 11 is 0. The third-order valence-corrected chi connectivity index (χ3v) is 5.02. The minimum absolute atomic E-state index is 0.155. The van der Waals surface area contributed by atoms with Crippen LogP contribution in [0.5, 0.6) is 5.75 Å². The molecule has 0 radical (unpaired) electrons. The summed E-state index contributed by atoms with van der Waals surface area (Å²) in [5, 5.41) is 3.21. The summed E-state index contributed by atoms with van der Waals surface area (Å²) in [7, 11) is 1.67. The highest BCUT2D eigenvalue weighted by Gasteiger charge is 2.24. The van der Waals surface area contributed by atoms with Crippen molar-refractivity contribution in [2.75, 3.05) is 33.3 Å². The highest BCUT2D eigenvalue weighted by atomic mass is 16.5. The Labute approximate surface area is 161 Å². The Kier molecular flexibility index (Phi) is 7.16. The standard InChI is InChI=1S/C21H30N4O2/c1-26-18-9-7-17(8-10-18)11-12-23-21(22)24-16-19(20-6-5-15-27-20)25-13-3-2-4-14-25/h5-10,15,19H,2-4,11-14,16H2,1H3,(H3,22,23,24)/t19-/m0/s1. The number of furan rings is 1. The van der Waals surface area contributed by atoms with Crippen LogP contribution in [0.3, 0.4) is 0 Å². The van der Waals surface area contributed by atoms with Gasteiger partial charge in [0, 0.05) is 6.54 Å². The van der Waals surface area contributed by atoms with E-state index in [1.807, 2.05) is 24.3 Å². The summed E-state index contributed by atoms with van der Waals surface area (Å²) in [6.07, 6.45) is 6.38. The van der Waals surface area contributed by atoms with Gasteiger partial charge in [-0.05, 0) is 62.2 Å². The van der Waals surface area contributed by atoms with Crippen LogP contribution in [0.1, 0.15) is 36.6 Å². The molecule has 3 N–H and O–H groups in total. The first-order valence-electron chi connectivity index (χ1n) is 9.70. The summed E-state index contributed by atoms with van der Waals surface area (Å²) in [6.45, 7) is 3.53. The van der Waals surface area contributed by atoms with Crippen LogP contribution in [0, 0.1) is 0 Å². The fourth-order valence-electron chi connectivity index (χ4n) is 3.46. The third-order valence-electron chi connectivity index (χ3n) is 5.02. The zero-order valence-electron chi connectivity index (χ0n) is 16.1. The van der Waals surface area contributed by atoms with E-state index < -0.39 is 0 Å². The quantitative estimate of drug-likeness (QED) is 0.552. The molecule has 146 valence electrons. The molecule has 0 unspecified atom stereocenters. The molecule has 3 rings (SSSR count). The largest absolute Gasteiger partial charge is 0.497 e. The van der Waals surface area contributed by atoms with E-state index in [-0.39, 0.29) is 6.04 Å². The van der Waals surface area contributed by atoms with Crippen molar-refractivity contribution < 1.29 is 9.15 Å². The molecule has 0 saturated carbocycles. The third kappa shape index (κ3) is 5.76. The van der Waals surface area contributed by atoms with Crippen molar-refractivity contribution in [2.45, 2.75) is 31.7 Å². The minimum Gasteiger partial charge on any atom is -0.497 e. The Morgan fingerprint density at radius 1 is 1.22 bits per heavy atom. The van der Waals surface area contributed by atoms with Gasteiger partial charge >= 0.3 is 0 Å². The van der Waals surface area contributed by atoms with Gasteiger partial charge in [-0.15, -0.1) is 0 Å². The number of nitrogens with two attached hydrogens (primary N) is 1. The lowest BCUT2D eigenvalue weighted by Gasteiger charge is -2.32. The second kappa shape index (κ2) is 10.0. The molecule has 0 bridgehead atoms. The Morgan fingerprint density at radius 2 is 2.00 bits per heavy atom. The number of benzene rings is 1. The number of ether oxygens (including phenoxy) is 1. The van der Waals surface area contributed by atoms with Gasteiger partial charge in [0.05, 0.1) is 26.0 Å². The maximum absolute atomic E-state index is 6.08. The lowest BCUT2D eigenvalue weighted by molar-refractivity contribution is 0.150. The van der Waals surface area contributed by atoms with Crippen LogP contribution in [0.25, 0.3) is 0 Å². The van der Waals surface area contributed by atoms with E-state index in [0.717, 1.165) is 37.6 Å². The predicted octanol–water partition coefficient (Wildman–Crippen LogP) is 2.96. The normalized spacial score (nSPS) is 16.9. The average Bonchev–Trinajstić information content (AvgIpc) is 3.24. The minimum atomic E-state index is 0.155. The van der Waals surface area contributed by atoms with Gasteiger partial charge in [-0.3, -0.25) is 9.89 Å². The maximum Gasteiger partial charge on any atom is 0.188 e. The summed E-state index contributed by atoms with van der Waals surface area (Å²) in [5.41, 5.74) is 7.32. The second-order valence-corrected chi connectivity index (χ2v) is 6.88. The van der Waals surface area contributed by atoms with Gasteiger partial charge in [0.15, 0.2) is 5.96 Å². The SMILES string of the molecule is COc1ccc(CCNC(N)=NC[C@@H](c2ccco2)N2CCCCC2)cc1. The van der Waals surface area contributed by atoms with Crippen molar-refractivity contribution in [3.8, 4) is 5.75 Å². The van der Waals surface area contributed by atoms with Gasteiger partial charge in [0.2, 0.25) is 0 Å². The number of nitrogens with one attached hydrogen (secondary N) is 1. The van der Waals surface area contributed by atoms with Crippen molar-refractivity contribution in [3.05, 3.63) is 54.0 Å². The summed E-state index contributed by atoms with van der Waals surface area (Å²) < 4.78 is 10.8. The van der Waals surface area contributed by atoms with Crippen LogP contribution in [0.4, 0.5) is 0 Å². The van der Waals surface area contributed by atoms with Gasteiger partial charge in [-0.2, -0.15) is 0 Å². The first kappa shape index (κ1) is 19.3. The van der Waals surface area contributed by atoms with E-state index in [1.165, 1.54) is 24.8 Å². The van der Waals surface area contributed by atoms with E-state index in [2.05, 4.69) is 27.3 Å². The Bertz CT molecular complexity index is 691. The van der Waals surface area contributed by atoms with Crippen molar-refractivity contribution in [1.82, 2.24) is 10.2 Å². The molecule has 6 nitrogen and oxygen atoms in total. The Balaban J connectivity index is 1.50. The number of likely N-dealkylation sites (tertiary alicyclic amines) is 1. The summed E-state index contributed by atoms with van der Waals surface area (Å²) in [4.78, 5) is 7.03. The molecule has 0 aliphatic carbocycles. The molecule has 1 saturated heterocycles. The number of hydrogen-bond donors (Lipinski definition) is 2. The highest BCUT2D eigenvalue weighted by Crippen LogP contribution is 2.25. The van der Waals surface area contributed by atoms with Crippen LogP contribution < -0.4 is 15.8 Å². The first-order chi connectivity index (χ1) is 13.3. The average molecular weight is 370 g/mol. The molecule has 1 atom stereocenters. The number of nitrogens with zero attached hydrogens (tertiary/aromatic N) is 2. The molecule has 27 heavy (non-hydrogen) atoms. The predicted molar refractivity (Wildman–Crippen MR) is 108 cm³/mol. The second-order valence-electron chi connectivity index (χ2n) is 6.88. The van der Waals surface area contributed by atoms with Gasteiger partial charge < -0.3 is 20.2 Å². The smallest absolute Gasteiger partial charge is 0.188 e. The molecule has 6 heteroatoms. The Hall–Kier alpha value is -2.47. The zero-order valence-corrected chi connectivity index (χ0v) is 16.1. The molecular weight excluding hydrogens is 340 g/mol. The van der Waals surface area contributed by atoms with E-state index in [9.17, 15) is 0 Å². The Morgan fingerprint density at radius 3 is 2.67 bits per heavy atom. The monoisotopic (exact) mass is 370 g/mol. The molecular formula is C21H30N4O2. The number of methoxy groups -OCH3 is 1. The van der Waals surface area contributed by atoms with Gasteiger partial charge in [-0.1, -0.05) is 18.6 Å². The van der Waals surface area contributed by atoms with Gasteiger partial charge in [-0.25, -0.2) is 0 Å². The molecule has 0 amide bonds. The molecule has 1 aliphatic heterocycles. The molecule has 2 heterocycles. The van der Waals surface area contributed by atoms with E-state index in [1.54, 1.807) is 13.4 Å². The number of guanidine groups is 1. The number of aliphatic imine (C=N–C) groups is 1. The van der Waals surface area contributed by atoms with Crippen molar-refractivity contribution in [2.24, 2.45) is 10.7 Å². The van der Waals surface area contributed by atoms with Gasteiger partial charge in [0.25, 0.3) is 0 Å². The van der Waals surface area contributed by atoms with Crippen LogP contribution in [0.2, 0.25) is 0 Å². The highest BCUT2D eigenvalue weighted by molar-refractivity contribution is 5.77. The maximum atomic E-state index is 6.08. The fraction of sp³-hybridized carbons (Fsp3) is 0.476. The zero-order chi connectivity index (χ0) is 18.9. The van der Waals surface area contributed by atoms with Crippen LogP contribution in [-0.4, -0.2) is 44.1 Å². The van der Waals surface area contributed by atoms with E-state index in [0.29, 0.717) is 12.5 Å². The number of piperidine rings is 1. The van der Waals surface area contributed by atoms with Crippen molar-refractivity contribution in [1.29, 1.82) is 0 Å².